The van der Waals surface area contributed by atoms with Crippen LogP contribution in [0, 0.1) is 55.4 Å². The van der Waals surface area contributed by atoms with Gasteiger partial charge in [0, 0.05) is 0 Å². The van der Waals surface area contributed by atoms with Crippen LogP contribution in [0.1, 0.15) is 100 Å². The van der Waals surface area contributed by atoms with Crippen molar-refractivity contribution in [3.63, 3.8) is 0 Å². The first-order chi connectivity index (χ1) is 31.1. The maximum atomic E-state index is 2.32. The van der Waals surface area contributed by atoms with Crippen molar-refractivity contribution in [3.05, 3.63) is 270 Å². The Morgan fingerprint density at radius 2 is 0.484 bits per heavy atom. The zero-order valence-electron chi connectivity index (χ0n) is 38.6. The third-order valence-electron chi connectivity index (χ3n) is 13.3. The molecule has 8 rings (SSSR count). The molecule has 0 atom stereocenters. The molecule has 0 nitrogen and oxygen atoms in total. The Labute approximate surface area is 382 Å². The summed E-state index contributed by atoms with van der Waals surface area (Å²) in [5.41, 5.74) is 28.1. The Hall–Kier alpha value is -7.28. The van der Waals surface area contributed by atoms with Gasteiger partial charge >= 0.3 is 0 Å². The van der Waals surface area contributed by atoms with Crippen LogP contribution < -0.4 is 0 Å². The van der Waals surface area contributed by atoms with Crippen LogP contribution in [0.4, 0.5) is 0 Å². The number of rotatable bonds is 11. The van der Waals surface area contributed by atoms with Crippen LogP contribution in [0.25, 0.3) is 58.7 Å². The second-order valence-corrected chi connectivity index (χ2v) is 17.2. The highest BCUT2D eigenvalue weighted by Crippen LogP contribution is 2.42. The minimum absolute atomic E-state index is 1.18. The van der Waals surface area contributed by atoms with Crippen molar-refractivity contribution in [1.29, 1.82) is 0 Å². The normalized spacial score (nSPS) is 11.3. The number of benzene rings is 8. The lowest BCUT2D eigenvalue weighted by atomic mass is 9.79. The van der Waals surface area contributed by atoms with Gasteiger partial charge in [-0.15, -0.1) is 0 Å². The summed E-state index contributed by atoms with van der Waals surface area (Å²) in [7, 11) is 0. The van der Waals surface area contributed by atoms with Gasteiger partial charge in [-0.2, -0.15) is 0 Å². The molecular weight excluding hydrogens is 769 g/mol. The predicted octanol–water partition coefficient (Wildman–Crippen LogP) is 17.3. The van der Waals surface area contributed by atoms with E-state index in [0.29, 0.717) is 0 Å². The maximum absolute atomic E-state index is 2.32. The summed E-state index contributed by atoms with van der Waals surface area (Å²) < 4.78 is 0. The Bertz CT molecular complexity index is 2680. The summed E-state index contributed by atoms with van der Waals surface area (Å²) in [6.45, 7) is 18.4. The van der Waals surface area contributed by atoms with E-state index in [1.165, 1.54) is 122 Å². The lowest BCUT2D eigenvalue weighted by Gasteiger charge is -2.25. The van der Waals surface area contributed by atoms with Gasteiger partial charge in [0.15, 0.2) is 0 Å². The standard InChI is InChI=1S/C64H58/c1-43-47(5)63(48(6)44(2)59(43)39-37-51-29-33-53(34-30-51)41-61(55-21-13-9-14-22-55)56-23-15-10-16-24-56)64-49(7)45(3)60(46(4)50(64)8)40-38-52-31-35-54(36-32-52)42-62(57-25-17-11-18-26-57)58-27-19-12-20-28-58/h9-42H,1-8H3/b39-37+,40-38+. The molecule has 8 aromatic carbocycles. The van der Waals surface area contributed by atoms with Crippen molar-refractivity contribution in [2.75, 3.05) is 0 Å². The van der Waals surface area contributed by atoms with E-state index in [1.54, 1.807) is 0 Å². The third kappa shape index (κ3) is 9.24. The van der Waals surface area contributed by atoms with Crippen molar-refractivity contribution in [2.24, 2.45) is 0 Å². The van der Waals surface area contributed by atoms with Gasteiger partial charge in [0.2, 0.25) is 0 Å². The van der Waals surface area contributed by atoms with E-state index in [9.17, 15) is 0 Å². The van der Waals surface area contributed by atoms with Gasteiger partial charge in [-0.3, -0.25) is 0 Å². The molecule has 314 valence electrons. The molecule has 64 heavy (non-hydrogen) atoms. The van der Waals surface area contributed by atoms with Crippen LogP contribution in [0.5, 0.6) is 0 Å². The van der Waals surface area contributed by atoms with Gasteiger partial charge in [0.05, 0.1) is 0 Å². The fourth-order valence-electron chi connectivity index (χ4n) is 9.17. The van der Waals surface area contributed by atoms with E-state index in [-0.39, 0.29) is 0 Å². The first-order valence-electron chi connectivity index (χ1n) is 22.5. The molecule has 0 saturated carbocycles. The molecule has 0 heteroatoms. The lowest BCUT2D eigenvalue weighted by molar-refractivity contribution is 1.19. The maximum Gasteiger partial charge on any atom is -0.0105 e. The molecule has 0 aliphatic heterocycles. The Kier molecular flexibility index (Phi) is 13.2. The molecule has 0 aliphatic carbocycles. The van der Waals surface area contributed by atoms with E-state index in [4.69, 9.17) is 0 Å². The highest BCUT2D eigenvalue weighted by Gasteiger charge is 2.21. The first kappa shape index (κ1) is 43.4. The van der Waals surface area contributed by atoms with Crippen molar-refractivity contribution in [1.82, 2.24) is 0 Å². The molecular formula is C64H58. The molecule has 0 unspecified atom stereocenters. The zero-order valence-corrected chi connectivity index (χ0v) is 38.6. The molecule has 0 radical (unpaired) electrons. The highest BCUT2D eigenvalue weighted by atomic mass is 14.3. The fraction of sp³-hybridized carbons (Fsp3) is 0.125. The summed E-state index contributed by atoms with van der Waals surface area (Å²) in [5, 5.41) is 0. The van der Waals surface area contributed by atoms with Crippen LogP contribution in [-0.4, -0.2) is 0 Å². The second kappa shape index (κ2) is 19.4. The van der Waals surface area contributed by atoms with Crippen LogP contribution in [0.15, 0.2) is 170 Å². The SMILES string of the molecule is Cc1c(C)c(-c2c(C)c(C)c(/C=C/c3ccc(C=C(c4ccccc4)c4ccccc4)cc3)c(C)c2C)c(C)c(C)c1/C=C/c1ccc(C=C(c2ccccc2)c2ccccc2)cc1. The van der Waals surface area contributed by atoms with E-state index >= 15 is 0 Å². The molecule has 8 aromatic rings. The minimum atomic E-state index is 1.18. The summed E-state index contributed by atoms with van der Waals surface area (Å²) in [4.78, 5) is 0. The summed E-state index contributed by atoms with van der Waals surface area (Å²) in [5.74, 6) is 0. The smallest absolute Gasteiger partial charge is 0.0105 e. The van der Waals surface area contributed by atoms with Crippen molar-refractivity contribution >= 4 is 47.6 Å². The van der Waals surface area contributed by atoms with Gasteiger partial charge in [-0.05, 0) is 190 Å². The van der Waals surface area contributed by atoms with E-state index < -0.39 is 0 Å². The molecule has 0 saturated heterocycles. The lowest BCUT2D eigenvalue weighted by Crippen LogP contribution is -2.05. The molecule has 0 amide bonds. The summed E-state index contributed by atoms with van der Waals surface area (Å²) in [6, 6.07) is 60.4. The van der Waals surface area contributed by atoms with Crippen LogP contribution in [0.2, 0.25) is 0 Å². The van der Waals surface area contributed by atoms with Gasteiger partial charge < -0.3 is 0 Å². The van der Waals surface area contributed by atoms with Gasteiger partial charge in [0.25, 0.3) is 0 Å². The first-order valence-corrected chi connectivity index (χ1v) is 22.5. The van der Waals surface area contributed by atoms with Crippen molar-refractivity contribution < 1.29 is 0 Å². The Morgan fingerprint density at radius 3 is 0.734 bits per heavy atom. The largest absolute Gasteiger partial charge is 0.0622 e. The quantitative estimate of drug-likeness (QED) is 0.114. The van der Waals surface area contributed by atoms with Crippen LogP contribution >= 0.6 is 0 Å². The molecule has 0 spiro atoms. The predicted molar refractivity (Wildman–Crippen MR) is 280 cm³/mol. The third-order valence-corrected chi connectivity index (χ3v) is 13.3. The molecule has 0 aliphatic rings. The van der Waals surface area contributed by atoms with E-state index in [2.05, 4.69) is 262 Å². The van der Waals surface area contributed by atoms with Gasteiger partial charge in [-0.1, -0.05) is 194 Å². The molecule has 0 fully saturated rings. The van der Waals surface area contributed by atoms with E-state index in [1.807, 2.05) is 0 Å². The Balaban J connectivity index is 1.05. The second-order valence-electron chi connectivity index (χ2n) is 17.2. The van der Waals surface area contributed by atoms with Gasteiger partial charge in [0.1, 0.15) is 0 Å². The summed E-state index contributed by atoms with van der Waals surface area (Å²) >= 11 is 0. The average Bonchev–Trinajstić information content (AvgIpc) is 3.34. The molecule has 0 heterocycles. The summed E-state index contributed by atoms with van der Waals surface area (Å²) in [6.07, 6.45) is 13.7. The van der Waals surface area contributed by atoms with Crippen molar-refractivity contribution in [2.45, 2.75) is 55.4 Å². The molecule has 0 aromatic heterocycles. The van der Waals surface area contributed by atoms with Crippen LogP contribution in [0.3, 0.4) is 0 Å². The number of hydrogen-bond acceptors (Lipinski definition) is 0. The fourth-order valence-corrected chi connectivity index (χ4v) is 9.17. The van der Waals surface area contributed by atoms with E-state index in [0.717, 1.165) is 0 Å². The number of hydrogen-bond donors (Lipinski definition) is 0. The topological polar surface area (TPSA) is 0 Å². The van der Waals surface area contributed by atoms with Gasteiger partial charge in [-0.25, -0.2) is 0 Å². The van der Waals surface area contributed by atoms with Crippen molar-refractivity contribution in [3.8, 4) is 11.1 Å². The molecule has 0 bridgehead atoms. The zero-order chi connectivity index (χ0) is 44.7. The monoisotopic (exact) mass is 826 g/mol. The Morgan fingerprint density at radius 1 is 0.250 bits per heavy atom. The highest BCUT2D eigenvalue weighted by molar-refractivity contribution is 5.93. The average molecular weight is 827 g/mol. The molecule has 0 N–H and O–H groups in total. The van der Waals surface area contributed by atoms with Crippen LogP contribution in [-0.2, 0) is 0 Å². The minimum Gasteiger partial charge on any atom is -0.0622 e.